The predicted molar refractivity (Wildman–Crippen MR) is 64.8 cm³/mol. The summed E-state index contributed by atoms with van der Waals surface area (Å²) in [5.41, 5.74) is -2.98. The molecule has 0 bridgehead atoms. The van der Waals surface area contributed by atoms with E-state index in [4.69, 9.17) is 0 Å². The summed E-state index contributed by atoms with van der Waals surface area (Å²) in [6, 6.07) is 5.04. The highest BCUT2D eigenvalue weighted by Crippen LogP contribution is 2.38. The van der Waals surface area contributed by atoms with Crippen molar-refractivity contribution in [2.45, 2.75) is 19.3 Å². The molecule has 0 aliphatic carbocycles. The lowest BCUT2D eigenvalue weighted by molar-refractivity contribution is 0.355. The maximum absolute atomic E-state index is 13.9. The van der Waals surface area contributed by atoms with Crippen LogP contribution in [0.2, 0.25) is 0 Å². The lowest BCUT2D eigenvalue weighted by atomic mass is 9.77. The molecule has 0 amide bonds. The van der Waals surface area contributed by atoms with Crippen LogP contribution in [-0.2, 0) is 5.41 Å². The van der Waals surface area contributed by atoms with Crippen LogP contribution in [-0.4, -0.2) is 0 Å². The molecule has 0 atom stereocenters. The van der Waals surface area contributed by atoms with Crippen LogP contribution < -0.4 is 0 Å². The zero-order chi connectivity index (χ0) is 15.9. The number of hydrogen-bond acceptors (Lipinski definition) is 0. The van der Waals surface area contributed by atoms with Crippen LogP contribution in [0.3, 0.4) is 0 Å². The zero-order valence-electron chi connectivity index (χ0n) is 11.1. The van der Waals surface area contributed by atoms with Gasteiger partial charge in [-0.2, -0.15) is 0 Å². The molecule has 0 saturated heterocycles. The van der Waals surface area contributed by atoms with E-state index >= 15 is 0 Å². The molecule has 0 aliphatic rings. The standard InChI is InChI=1S/C15H10F6/c1-15(2,7-5-3-4-6-8(7)16)9-10(17)12(19)14(21)13(20)11(9)18/h3-6H,1-2H3. The van der Waals surface area contributed by atoms with Crippen LogP contribution in [0.1, 0.15) is 25.0 Å². The first kappa shape index (κ1) is 15.4. The second-order valence-corrected chi connectivity index (χ2v) is 5.05. The molecule has 0 aromatic heterocycles. The Kier molecular flexibility index (Phi) is 3.74. The maximum atomic E-state index is 13.9. The van der Waals surface area contributed by atoms with Crippen molar-refractivity contribution in [2.24, 2.45) is 0 Å². The summed E-state index contributed by atoms with van der Waals surface area (Å²) in [4.78, 5) is 0. The third-order valence-corrected chi connectivity index (χ3v) is 3.38. The first-order valence-electron chi connectivity index (χ1n) is 5.96. The molecule has 0 heterocycles. The first-order valence-corrected chi connectivity index (χ1v) is 5.96. The van der Waals surface area contributed by atoms with E-state index in [0.29, 0.717) is 0 Å². The molecule has 0 saturated carbocycles. The van der Waals surface area contributed by atoms with Gasteiger partial charge in [0, 0.05) is 11.0 Å². The van der Waals surface area contributed by atoms with Crippen molar-refractivity contribution < 1.29 is 26.3 Å². The van der Waals surface area contributed by atoms with Crippen molar-refractivity contribution in [3.63, 3.8) is 0 Å². The molecule has 0 N–H and O–H groups in total. The van der Waals surface area contributed by atoms with E-state index in [1.165, 1.54) is 32.0 Å². The molecule has 2 aromatic carbocycles. The van der Waals surface area contributed by atoms with Crippen molar-refractivity contribution >= 4 is 0 Å². The van der Waals surface area contributed by atoms with Gasteiger partial charge in [0.2, 0.25) is 5.82 Å². The second-order valence-electron chi connectivity index (χ2n) is 5.05. The molecule has 6 heteroatoms. The summed E-state index contributed by atoms with van der Waals surface area (Å²) in [6.07, 6.45) is 0. The zero-order valence-corrected chi connectivity index (χ0v) is 11.1. The van der Waals surface area contributed by atoms with Gasteiger partial charge in [-0.05, 0) is 11.6 Å². The van der Waals surface area contributed by atoms with Crippen LogP contribution in [0.4, 0.5) is 26.3 Å². The van der Waals surface area contributed by atoms with Gasteiger partial charge < -0.3 is 0 Å². The fourth-order valence-electron chi connectivity index (χ4n) is 2.26. The SMILES string of the molecule is CC(C)(c1ccccc1F)c1c(F)c(F)c(F)c(F)c1F. The van der Waals surface area contributed by atoms with Crippen LogP contribution in [0.5, 0.6) is 0 Å². The minimum absolute atomic E-state index is 0.173. The van der Waals surface area contributed by atoms with Gasteiger partial charge in [-0.3, -0.25) is 0 Å². The van der Waals surface area contributed by atoms with Crippen molar-refractivity contribution in [2.75, 3.05) is 0 Å². The molecule has 0 aliphatic heterocycles. The fourth-order valence-corrected chi connectivity index (χ4v) is 2.26. The smallest absolute Gasteiger partial charge is 0.200 e. The van der Waals surface area contributed by atoms with Gasteiger partial charge in [-0.15, -0.1) is 0 Å². The van der Waals surface area contributed by atoms with Crippen molar-refractivity contribution in [3.8, 4) is 0 Å². The van der Waals surface area contributed by atoms with E-state index in [1.54, 1.807) is 0 Å². The van der Waals surface area contributed by atoms with E-state index < -0.39 is 45.9 Å². The van der Waals surface area contributed by atoms with Crippen LogP contribution in [0, 0.1) is 34.9 Å². The molecule has 21 heavy (non-hydrogen) atoms. The number of halogens is 6. The largest absolute Gasteiger partial charge is 0.207 e. The monoisotopic (exact) mass is 304 g/mol. The Balaban J connectivity index is 2.80. The Hall–Kier alpha value is -1.98. The van der Waals surface area contributed by atoms with E-state index in [0.717, 1.165) is 6.07 Å². The Labute approximate surface area is 117 Å². The van der Waals surface area contributed by atoms with Crippen LogP contribution in [0.15, 0.2) is 24.3 Å². The Bertz CT molecular complexity index is 677. The van der Waals surface area contributed by atoms with Gasteiger partial charge in [0.1, 0.15) is 5.82 Å². The quantitative estimate of drug-likeness (QED) is 0.423. The van der Waals surface area contributed by atoms with E-state index in [1.807, 2.05) is 0 Å². The van der Waals surface area contributed by atoms with E-state index in [-0.39, 0.29) is 5.56 Å². The van der Waals surface area contributed by atoms with Crippen molar-refractivity contribution in [3.05, 3.63) is 70.3 Å². The first-order chi connectivity index (χ1) is 9.69. The van der Waals surface area contributed by atoms with E-state index in [2.05, 4.69) is 0 Å². The Morgan fingerprint density at radius 3 is 1.57 bits per heavy atom. The molecular weight excluding hydrogens is 294 g/mol. The van der Waals surface area contributed by atoms with Crippen molar-refractivity contribution in [1.82, 2.24) is 0 Å². The van der Waals surface area contributed by atoms with Crippen molar-refractivity contribution in [1.29, 1.82) is 0 Å². The van der Waals surface area contributed by atoms with Gasteiger partial charge in [0.25, 0.3) is 0 Å². The molecule has 2 aromatic rings. The van der Waals surface area contributed by atoms with Gasteiger partial charge >= 0.3 is 0 Å². The molecule has 0 fully saturated rings. The fraction of sp³-hybridized carbons (Fsp3) is 0.200. The molecule has 0 radical (unpaired) electrons. The summed E-state index contributed by atoms with van der Waals surface area (Å²) in [5.74, 6) is -11.1. The van der Waals surface area contributed by atoms with E-state index in [9.17, 15) is 26.3 Å². The van der Waals surface area contributed by atoms with Gasteiger partial charge in [0.05, 0.1) is 0 Å². The average molecular weight is 304 g/mol. The topological polar surface area (TPSA) is 0 Å². The highest BCUT2D eigenvalue weighted by molar-refractivity contribution is 5.40. The van der Waals surface area contributed by atoms with Gasteiger partial charge in [-0.1, -0.05) is 32.0 Å². The van der Waals surface area contributed by atoms with Gasteiger partial charge in [-0.25, -0.2) is 26.3 Å². The van der Waals surface area contributed by atoms with Gasteiger partial charge in [0.15, 0.2) is 23.3 Å². The number of hydrogen-bond donors (Lipinski definition) is 0. The third-order valence-electron chi connectivity index (χ3n) is 3.38. The number of benzene rings is 2. The molecule has 0 unspecified atom stereocenters. The molecule has 0 spiro atoms. The summed E-state index contributed by atoms with van der Waals surface area (Å²) in [7, 11) is 0. The highest BCUT2D eigenvalue weighted by atomic mass is 19.2. The number of rotatable bonds is 2. The molecule has 112 valence electrons. The molecule has 2 rings (SSSR count). The highest BCUT2D eigenvalue weighted by Gasteiger charge is 2.37. The van der Waals surface area contributed by atoms with Crippen LogP contribution >= 0.6 is 0 Å². The second kappa shape index (κ2) is 5.09. The predicted octanol–water partition coefficient (Wildman–Crippen LogP) is 4.85. The average Bonchev–Trinajstić information content (AvgIpc) is 2.43. The third kappa shape index (κ3) is 2.28. The lowest BCUT2D eigenvalue weighted by Gasteiger charge is -2.27. The van der Waals surface area contributed by atoms with Crippen LogP contribution in [0.25, 0.3) is 0 Å². The molecular formula is C15H10F6. The summed E-state index contributed by atoms with van der Waals surface area (Å²) < 4.78 is 81.2. The minimum Gasteiger partial charge on any atom is -0.207 e. The maximum Gasteiger partial charge on any atom is 0.200 e. The summed E-state index contributed by atoms with van der Waals surface area (Å²) >= 11 is 0. The lowest BCUT2D eigenvalue weighted by Crippen LogP contribution is -2.26. The summed E-state index contributed by atoms with van der Waals surface area (Å²) in [6.45, 7) is 2.37. The molecule has 0 nitrogen and oxygen atoms in total. The minimum atomic E-state index is -2.24. The summed E-state index contributed by atoms with van der Waals surface area (Å²) in [5, 5.41) is 0. The normalized spacial score (nSPS) is 11.8. The Morgan fingerprint density at radius 2 is 1.10 bits per heavy atom. The Morgan fingerprint density at radius 1 is 0.667 bits per heavy atom.